The number of anilines is 1. The van der Waals surface area contributed by atoms with Crippen LogP contribution in [0.2, 0.25) is 0 Å². The number of aryl methyl sites for hydroxylation is 2. The van der Waals surface area contributed by atoms with Crippen LogP contribution in [0.15, 0.2) is 48.5 Å². The first-order valence-corrected chi connectivity index (χ1v) is 7.35. The minimum absolute atomic E-state index is 0.422. The van der Waals surface area contributed by atoms with Crippen LogP contribution >= 0.6 is 0 Å². The molecule has 2 aromatic rings. The number of rotatable bonds is 2. The molecule has 0 aromatic heterocycles. The lowest BCUT2D eigenvalue weighted by atomic mass is 10.0. The van der Waals surface area contributed by atoms with Crippen LogP contribution in [0.3, 0.4) is 0 Å². The molecular weight excluding hydrogens is 244 g/mol. The molecule has 0 aliphatic carbocycles. The normalized spacial score (nSPS) is 19.1. The maximum Gasteiger partial charge on any atom is 0.0667 e. The molecule has 1 saturated heterocycles. The lowest BCUT2D eigenvalue weighted by Crippen LogP contribution is -2.46. The minimum atomic E-state index is 0.422. The van der Waals surface area contributed by atoms with Crippen molar-refractivity contribution in [3.63, 3.8) is 0 Å². The average molecular weight is 266 g/mol. The Morgan fingerprint density at radius 3 is 2.65 bits per heavy atom. The molecule has 0 spiro atoms. The maximum atomic E-state index is 3.53. The van der Waals surface area contributed by atoms with E-state index in [2.05, 4.69) is 72.6 Å². The summed E-state index contributed by atoms with van der Waals surface area (Å²) in [5, 5.41) is 3.53. The van der Waals surface area contributed by atoms with E-state index in [0.717, 1.165) is 19.6 Å². The smallest absolute Gasteiger partial charge is 0.0667 e. The first-order chi connectivity index (χ1) is 9.75. The van der Waals surface area contributed by atoms with Gasteiger partial charge in [0, 0.05) is 25.3 Å². The summed E-state index contributed by atoms with van der Waals surface area (Å²) in [4.78, 5) is 2.55. The predicted octanol–water partition coefficient (Wildman–Crippen LogP) is 3.45. The van der Waals surface area contributed by atoms with Crippen LogP contribution in [0, 0.1) is 13.8 Å². The van der Waals surface area contributed by atoms with Crippen molar-refractivity contribution in [3.05, 3.63) is 65.2 Å². The summed E-state index contributed by atoms with van der Waals surface area (Å²) in [5.41, 5.74) is 5.45. The highest BCUT2D eigenvalue weighted by Gasteiger charge is 2.24. The second kappa shape index (κ2) is 5.68. The number of hydrogen-bond acceptors (Lipinski definition) is 2. The van der Waals surface area contributed by atoms with Crippen LogP contribution in [0.25, 0.3) is 0 Å². The highest BCUT2D eigenvalue weighted by atomic mass is 15.2. The van der Waals surface area contributed by atoms with Gasteiger partial charge in [-0.25, -0.2) is 0 Å². The van der Waals surface area contributed by atoms with Crippen LogP contribution < -0.4 is 10.2 Å². The highest BCUT2D eigenvalue weighted by molar-refractivity contribution is 5.57. The Morgan fingerprint density at radius 2 is 1.85 bits per heavy atom. The van der Waals surface area contributed by atoms with Gasteiger partial charge in [-0.15, -0.1) is 0 Å². The van der Waals surface area contributed by atoms with Gasteiger partial charge < -0.3 is 10.2 Å². The van der Waals surface area contributed by atoms with Gasteiger partial charge in [0.15, 0.2) is 0 Å². The van der Waals surface area contributed by atoms with Crippen molar-refractivity contribution >= 4 is 5.69 Å². The van der Waals surface area contributed by atoms with Crippen LogP contribution in [-0.2, 0) is 0 Å². The van der Waals surface area contributed by atoms with E-state index >= 15 is 0 Å². The number of hydrogen-bond donors (Lipinski definition) is 1. The largest absolute Gasteiger partial charge is 0.362 e. The Morgan fingerprint density at radius 1 is 1.05 bits per heavy atom. The van der Waals surface area contributed by atoms with E-state index in [1.807, 2.05) is 0 Å². The monoisotopic (exact) mass is 266 g/mol. The van der Waals surface area contributed by atoms with Crippen molar-refractivity contribution in [3.8, 4) is 0 Å². The molecule has 20 heavy (non-hydrogen) atoms. The summed E-state index contributed by atoms with van der Waals surface area (Å²) in [6.45, 7) is 7.50. The van der Waals surface area contributed by atoms with E-state index < -0.39 is 0 Å². The highest BCUT2D eigenvalue weighted by Crippen LogP contribution is 2.31. The predicted molar refractivity (Wildman–Crippen MR) is 85.3 cm³/mol. The van der Waals surface area contributed by atoms with Crippen molar-refractivity contribution in [2.45, 2.75) is 19.9 Å². The second-order valence-electron chi connectivity index (χ2n) is 5.61. The Kier molecular flexibility index (Phi) is 3.75. The first kappa shape index (κ1) is 13.2. The van der Waals surface area contributed by atoms with Gasteiger partial charge in [-0.2, -0.15) is 0 Å². The molecular formula is C18H22N2. The first-order valence-electron chi connectivity index (χ1n) is 7.35. The number of benzene rings is 2. The van der Waals surface area contributed by atoms with Crippen molar-refractivity contribution in [2.24, 2.45) is 0 Å². The molecule has 1 N–H and O–H groups in total. The quantitative estimate of drug-likeness (QED) is 0.895. The van der Waals surface area contributed by atoms with Gasteiger partial charge in [-0.3, -0.25) is 0 Å². The number of piperazine rings is 1. The van der Waals surface area contributed by atoms with Gasteiger partial charge >= 0.3 is 0 Å². The fourth-order valence-corrected chi connectivity index (χ4v) is 2.99. The number of nitrogens with one attached hydrogen (secondary N) is 1. The van der Waals surface area contributed by atoms with Gasteiger partial charge in [-0.1, -0.05) is 42.5 Å². The fraction of sp³-hybridized carbons (Fsp3) is 0.333. The summed E-state index contributed by atoms with van der Waals surface area (Å²) in [6, 6.07) is 18.0. The summed E-state index contributed by atoms with van der Waals surface area (Å²) < 4.78 is 0. The van der Waals surface area contributed by atoms with E-state index in [4.69, 9.17) is 0 Å². The Hall–Kier alpha value is -1.80. The molecule has 0 bridgehead atoms. The molecule has 0 radical (unpaired) electrons. The van der Waals surface area contributed by atoms with Gasteiger partial charge in [-0.05, 0) is 36.6 Å². The second-order valence-corrected chi connectivity index (χ2v) is 5.61. The lowest BCUT2D eigenvalue weighted by Gasteiger charge is -2.39. The van der Waals surface area contributed by atoms with Gasteiger partial charge in [0.05, 0.1) is 6.04 Å². The molecule has 2 nitrogen and oxygen atoms in total. The summed E-state index contributed by atoms with van der Waals surface area (Å²) in [5.74, 6) is 0. The van der Waals surface area contributed by atoms with Gasteiger partial charge in [0.1, 0.15) is 0 Å². The summed E-state index contributed by atoms with van der Waals surface area (Å²) in [7, 11) is 0. The SMILES string of the molecule is Cc1ccc(C)c(N2CCNCC2c2ccccc2)c1. The van der Waals surface area contributed by atoms with E-state index in [1.54, 1.807) is 0 Å². The molecule has 1 atom stereocenters. The zero-order chi connectivity index (χ0) is 13.9. The third-order valence-corrected chi connectivity index (χ3v) is 4.10. The topological polar surface area (TPSA) is 15.3 Å². The third kappa shape index (κ3) is 2.56. The molecule has 0 amide bonds. The van der Waals surface area contributed by atoms with Crippen molar-refractivity contribution < 1.29 is 0 Å². The van der Waals surface area contributed by atoms with E-state index in [-0.39, 0.29) is 0 Å². The van der Waals surface area contributed by atoms with E-state index in [1.165, 1.54) is 22.4 Å². The minimum Gasteiger partial charge on any atom is -0.362 e. The lowest BCUT2D eigenvalue weighted by molar-refractivity contribution is 0.489. The van der Waals surface area contributed by atoms with Crippen LogP contribution in [0.5, 0.6) is 0 Å². The maximum absolute atomic E-state index is 3.53. The summed E-state index contributed by atoms with van der Waals surface area (Å²) in [6.07, 6.45) is 0. The Labute approximate surface area is 121 Å². The van der Waals surface area contributed by atoms with Crippen molar-refractivity contribution in [2.75, 3.05) is 24.5 Å². The van der Waals surface area contributed by atoms with Crippen molar-refractivity contribution in [1.82, 2.24) is 5.32 Å². The molecule has 2 aromatic carbocycles. The Balaban J connectivity index is 1.99. The Bertz CT molecular complexity index is 577. The number of nitrogens with zero attached hydrogens (tertiary/aromatic N) is 1. The molecule has 1 aliphatic rings. The molecule has 0 saturated carbocycles. The van der Waals surface area contributed by atoms with Crippen LogP contribution in [-0.4, -0.2) is 19.6 Å². The van der Waals surface area contributed by atoms with Crippen LogP contribution in [0.4, 0.5) is 5.69 Å². The zero-order valence-corrected chi connectivity index (χ0v) is 12.3. The molecule has 104 valence electrons. The molecule has 2 heteroatoms. The van der Waals surface area contributed by atoms with Gasteiger partial charge in [0.25, 0.3) is 0 Å². The van der Waals surface area contributed by atoms with Gasteiger partial charge in [0.2, 0.25) is 0 Å². The molecule has 1 heterocycles. The van der Waals surface area contributed by atoms with E-state index in [9.17, 15) is 0 Å². The third-order valence-electron chi connectivity index (χ3n) is 4.10. The molecule has 1 fully saturated rings. The average Bonchev–Trinajstić information content (AvgIpc) is 2.51. The van der Waals surface area contributed by atoms with E-state index in [0.29, 0.717) is 6.04 Å². The molecule has 3 rings (SSSR count). The standard InChI is InChI=1S/C18H22N2/c1-14-8-9-15(2)17(12-14)20-11-10-19-13-18(20)16-6-4-3-5-7-16/h3-9,12,18-19H,10-11,13H2,1-2H3. The van der Waals surface area contributed by atoms with Crippen LogP contribution in [0.1, 0.15) is 22.7 Å². The molecule has 1 unspecified atom stereocenters. The fourth-order valence-electron chi connectivity index (χ4n) is 2.99. The van der Waals surface area contributed by atoms with Crippen molar-refractivity contribution in [1.29, 1.82) is 0 Å². The molecule has 1 aliphatic heterocycles. The zero-order valence-electron chi connectivity index (χ0n) is 12.3. The summed E-state index contributed by atoms with van der Waals surface area (Å²) >= 11 is 0.